The van der Waals surface area contributed by atoms with Crippen LogP contribution < -0.4 is 10.9 Å². The van der Waals surface area contributed by atoms with Crippen LogP contribution >= 0.6 is 0 Å². The van der Waals surface area contributed by atoms with Gasteiger partial charge in [-0.15, -0.1) is 0 Å². The normalized spacial score (nSPS) is 12.3. The van der Waals surface area contributed by atoms with Crippen molar-refractivity contribution in [3.63, 3.8) is 0 Å². The number of rotatable bonds is 8. The van der Waals surface area contributed by atoms with Crippen LogP contribution in [-0.2, 0) is 11.3 Å². The van der Waals surface area contributed by atoms with E-state index in [9.17, 15) is 9.59 Å². The maximum Gasteiger partial charge on any atom is 0.275 e. The van der Waals surface area contributed by atoms with Gasteiger partial charge in [0, 0.05) is 11.9 Å². The highest BCUT2D eigenvalue weighted by Crippen LogP contribution is 2.11. The average molecular weight is 315 g/mol. The molecule has 5 heteroatoms. The van der Waals surface area contributed by atoms with Gasteiger partial charge in [-0.25, -0.2) is 4.68 Å². The summed E-state index contributed by atoms with van der Waals surface area (Å²) in [6.45, 7) is 4.94. The van der Waals surface area contributed by atoms with Crippen LogP contribution in [0.5, 0.6) is 0 Å². The molecular weight excluding hydrogens is 290 g/mol. The number of unbranched alkanes of at least 4 members (excludes halogenated alkanes) is 1. The molecule has 1 atom stereocenters. The van der Waals surface area contributed by atoms with E-state index in [2.05, 4.69) is 24.3 Å². The standard InChI is InChI=1S/C18H25N3O2/c1-3-5-8-14(4-2)11-19-17(22)13-21-18(23)16-10-7-6-9-15(16)12-20-21/h6-7,9-10,12,14H,3-5,8,11,13H2,1-2H3,(H,19,22). The summed E-state index contributed by atoms with van der Waals surface area (Å²) in [5.74, 6) is 0.338. The highest BCUT2D eigenvalue weighted by atomic mass is 16.2. The van der Waals surface area contributed by atoms with E-state index < -0.39 is 0 Å². The monoisotopic (exact) mass is 315 g/mol. The maximum absolute atomic E-state index is 12.3. The number of hydrogen-bond donors (Lipinski definition) is 1. The average Bonchev–Trinajstić information content (AvgIpc) is 2.58. The second kappa shape index (κ2) is 8.46. The SMILES string of the molecule is CCCCC(CC)CNC(=O)Cn1ncc2ccccc2c1=O. The van der Waals surface area contributed by atoms with Crippen molar-refractivity contribution < 1.29 is 4.79 Å². The third-order valence-electron chi connectivity index (χ3n) is 4.19. The lowest BCUT2D eigenvalue weighted by Gasteiger charge is -2.15. The molecule has 1 aromatic carbocycles. The van der Waals surface area contributed by atoms with E-state index in [0.717, 1.165) is 18.2 Å². The molecule has 1 aromatic heterocycles. The molecule has 0 fully saturated rings. The van der Waals surface area contributed by atoms with Crippen LogP contribution in [-0.4, -0.2) is 22.2 Å². The lowest BCUT2D eigenvalue weighted by Crippen LogP contribution is -2.36. The van der Waals surface area contributed by atoms with E-state index >= 15 is 0 Å². The maximum atomic E-state index is 12.3. The zero-order valence-corrected chi connectivity index (χ0v) is 13.9. The van der Waals surface area contributed by atoms with Crippen molar-refractivity contribution in [2.75, 3.05) is 6.54 Å². The van der Waals surface area contributed by atoms with Crippen LogP contribution in [0.3, 0.4) is 0 Å². The van der Waals surface area contributed by atoms with E-state index in [0.29, 0.717) is 17.8 Å². The Kier molecular flexibility index (Phi) is 6.32. The predicted octanol–water partition coefficient (Wildman–Crippen LogP) is 2.73. The summed E-state index contributed by atoms with van der Waals surface area (Å²) in [7, 11) is 0. The van der Waals surface area contributed by atoms with Crippen LogP contribution in [0.4, 0.5) is 0 Å². The second-order valence-electron chi connectivity index (χ2n) is 5.92. The summed E-state index contributed by atoms with van der Waals surface area (Å²) < 4.78 is 1.23. The van der Waals surface area contributed by atoms with Gasteiger partial charge in [0.25, 0.3) is 5.56 Å². The molecule has 0 aliphatic heterocycles. The number of nitrogens with one attached hydrogen (secondary N) is 1. The van der Waals surface area contributed by atoms with E-state index in [1.807, 2.05) is 18.2 Å². The molecule has 1 amide bonds. The molecule has 0 saturated carbocycles. The Morgan fingerprint density at radius 1 is 1.30 bits per heavy atom. The first-order chi connectivity index (χ1) is 11.2. The summed E-state index contributed by atoms with van der Waals surface area (Å²) in [5, 5.41) is 8.39. The third-order valence-corrected chi connectivity index (χ3v) is 4.19. The van der Waals surface area contributed by atoms with Crippen LogP contribution in [0, 0.1) is 5.92 Å². The van der Waals surface area contributed by atoms with Gasteiger partial charge in [-0.05, 0) is 18.4 Å². The molecule has 1 N–H and O–H groups in total. The number of benzene rings is 1. The van der Waals surface area contributed by atoms with Crippen molar-refractivity contribution in [3.8, 4) is 0 Å². The van der Waals surface area contributed by atoms with Crippen LogP contribution in [0.25, 0.3) is 10.8 Å². The second-order valence-corrected chi connectivity index (χ2v) is 5.92. The van der Waals surface area contributed by atoms with E-state index in [-0.39, 0.29) is 18.0 Å². The van der Waals surface area contributed by atoms with Gasteiger partial charge in [-0.1, -0.05) is 51.3 Å². The summed E-state index contributed by atoms with van der Waals surface area (Å²) in [6.07, 6.45) is 6.15. The van der Waals surface area contributed by atoms with Gasteiger partial charge < -0.3 is 5.32 Å². The van der Waals surface area contributed by atoms with Crippen LogP contribution in [0.2, 0.25) is 0 Å². The van der Waals surface area contributed by atoms with Crippen molar-refractivity contribution in [2.45, 2.75) is 46.1 Å². The molecule has 1 unspecified atom stereocenters. The number of carbonyl (C=O) groups is 1. The molecule has 0 aliphatic rings. The molecular formula is C18H25N3O2. The summed E-state index contributed by atoms with van der Waals surface area (Å²) in [4.78, 5) is 24.4. The smallest absolute Gasteiger partial charge is 0.275 e. The van der Waals surface area contributed by atoms with Crippen molar-refractivity contribution in [3.05, 3.63) is 40.8 Å². The van der Waals surface area contributed by atoms with Crippen molar-refractivity contribution in [1.82, 2.24) is 15.1 Å². The molecule has 0 radical (unpaired) electrons. The summed E-state index contributed by atoms with van der Waals surface area (Å²) in [6, 6.07) is 7.27. The van der Waals surface area contributed by atoms with E-state index in [4.69, 9.17) is 0 Å². The molecule has 2 rings (SSSR count). The summed E-state index contributed by atoms with van der Waals surface area (Å²) in [5.41, 5.74) is -0.226. The molecule has 1 heterocycles. The number of hydrogen-bond acceptors (Lipinski definition) is 3. The molecule has 23 heavy (non-hydrogen) atoms. The number of amides is 1. The van der Waals surface area contributed by atoms with Crippen LogP contribution in [0.15, 0.2) is 35.3 Å². The molecule has 5 nitrogen and oxygen atoms in total. The minimum absolute atomic E-state index is 0.0338. The zero-order chi connectivity index (χ0) is 16.7. The van der Waals surface area contributed by atoms with Crippen LogP contribution in [0.1, 0.15) is 39.5 Å². The Bertz CT molecular complexity index is 709. The zero-order valence-electron chi connectivity index (χ0n) is 13.9. The topological polar surface area (TPSA) is 64.0 Å². The molecule has 0 saturated heterocycles. The first kappa shape index (κ1) is 17.2. The van der Waals surface area contributed by atoms with Crippen molar-refractivity contribution in [1.29, 1.82) is 0 Å². The Morgan fingerprint density at radius 3 is 2.83 bits per heavy atom. The van der Waals surface area contributed by atoms with Gasteiger partial charge in [0.1, 0.15) is 6.54 Å². The predicted molar refractivity (Wildman–Crippen MR) is 92.3 cm³/mol. The number of fused-ring (bicyclic) bond motifs is 1. The Hall–Kier alpha value is -2.17. The molecule has 2 aromatic rings. The Labute approximate surface area is 136 Å². The van der Waals surface area contributed by atoms with Gasteiger partial charge in [0.05, 0.1) is 11.6 Å². The molecule has 124 valence electrons. The van der Waals surface area contributed by atoms with E-state index in [1.165, 1.54) is 17.5 Å². The number of nitrogens with zero attached hydrogens (tertiary/aromatic N) is 2. The number of aromatic nitrogens is 2. The van der Waals surface area contributed by atoms with Gasteiger partial charge in [-0.3, -0.25) is 9.59 Å². The fraction of sp³-hybridized carbons (Fsp3) is 0.500. The van der Waals surface area contributed by atoms with E-state index in [1.54, 1.807) is 12.3 Å². The quantitative estimate of drug-likeness (QED) is 0.814. The lowest BCUT2D eigenvalue weighted by molar-refractivity contribution is -0.122. The van der Waals surface area contributed by atoms with Crippen molar-refractivity contribution in [2.24, 2.45) is 5.92 Å². The van der Waals surface area contributed by atoms with Crippen molar-refractivity contribution >= 4 is 16.7 Å². The molecule has 0 spiro atoms. The highest BCUT2D eigenvalue weighted by molar-refractivity contribution is 5.81. The Balaban J connectivity index is 1.98. The lowest BCUT2D eigenvalue weighted by atomic mass is 9.99. The largest absolute Gasteiger partial charge is 0.354 e. The van der Waals surface area contributed by atoms with Gasteiger partial charge in [-0.2, -0.15) is 5.10 Å². The molecule has 0 bridgehead atoms. The first-order valence-electron chi connectivity index (χ1n) is 8.37. The van der Waals surface area contributed by atoms with Gasteiger partial charge in [0.15, 0.2) is 0 Å². The molecule has 0 aliphatic carbocycles. The van der Waals surface area contributed by atoms with Gasteiger partial charge >= 0.3 is 0 Å². The first-order valence-corrected chi connectivity index (χ1v) is 8.37. The minimum Gasteiger partial charge on any atom is -0.354 e. The third kappa shape index (κ3) is 4.65. The van der Waals surface area contributed by atoms with Gasteiger partial charge in [0.2, 0.25) is 5.91 Å². The number of carbonyl (C=O) groups excluding carboxylic acids is 1. The Morgan fingerprint density at radius 2 is 2.09 bits per heavy atom. The minimum atomic E-state index is -0.226. The summed E-state index contributed by atoms with van der Waals surface area (Å²) >= 11 is 0. The highest BCUT2D eigenvalue weighted by Gasteiger charge is 2.11. The fourth-order valence-electron chi connectivity index (χ4n) is 2.63. The fourth-order valence-corrected chi connectivity index (χ4v) is 2.63.